The second-order valence-corrected chi connectivity index (χ2v) is 5.68. The lowest BCUT2D eigenvalue weighted by molar-refractivity contribution is 0.221. The molecule has 3 heteroatoms. The normalized spacial score (nSPS) is 31.3. The quantitative estimate of drug-likeness (QED) is 0.878. The average Bonchev–Trinajstić information content (AvgIpc) is 2.91. The van der Waals surface area contributed by atoms with Crippen molar-refractivity contribution in [1.29, 1.82) is 0 Å². The van der Waals surface area contributed by atoms with Gasteiger partial charge < -0.3 is 15.0 Å². The molecular formula is C15H22N2O. The number of hydrogen-bond acceptors (Lipinski definition) is 3. The van der Waals surface area contributed by atoms with Gasteiger partial charge in [-0.15, -0.1) is 0 Å². The minimum absolute atomic E-state index is 0.309. The third-order valence-electron chi connectivity index (χ3n) is 4.23. The van der Waals surface area contributed by atoms with Gasteiger partial charge in [0, 0.05) is 31.6 Å². The Morgan fingerprint density at radius 1 is 1.39 bits per heavy atom. The number of hydrogen-bond donors (Lipinski definition) is 1. The van der Waals surface area contributed by atoms with E-state index in [0.717, 1.165) is 25.3 Å². The Hall–Kier alpha value is -1.06. The molecule has 1 saturated heterocycles. The average molecular weight is 246 g/mol. The Balaban J connectivity index is 1.49. The lowest BCUT2D eigenvalue weighted by Crippen LogP contribution is -2.38. The van der Waals surface area contributed by atoms with Crippen molar-refractivity contribution in [3.63, 3.8) is 0 Å². The van der Waals surface area contributed by atoms with Crippen LogP contribution in [0.5, 0.6) is 5.75 Å². The summed E-state index contributed by atoms with van der Waals surface area (Å²) in [6.45, 7) is 4.41. The van der Waals surface area contributed by atoms with E-state index < -0.39 is 0 Å². The number of para-hydroxylation sites is 1. The molecule has 0 aromatic heterocycles. The number of rotatable bonds is 3. The summed E-state index contributed by atoms with van der Waals surface area (Å²) in [6.07, 6.45) is 2.60. The fourth-order valence-corrected chi connectivity index (χ4v) is 3.01. The van der Waals surface area contributed by atoms with Gasteiger partial charge >= 0.3 is 0 Å². The zero-order chi connectivity index (χ0) is 12.5. The first kappa shape index (κ1) is 12.0. The topological polar surface area (TPSA) is 24.5 Å². The summed E-state index contributed by atoms with van der Waals surface area (Å²) in [5.41, 5.74) is 1.35. The van der Waals surface area contributed by atoms with Gasteiger partial charge in [-0.25, -0.2) is 0 Å². The van der Waals surface area contributed by atoms with Gasteiger partial charge in [-0.05, 0) is 32.0 Å². The predicted molar refractivity (Wildman–Crippen MR) is 73.1 cm³/mol. The lowest BCUT2D eigenvalue weighted by Gasteiger charge is -2.16. The Morgan fingerprint density at radius 2 is 2.22 bits per heavy atom. The van der Waals surface area contributed by atoms with Crippen LogP contribution in [-0.2, 0) is 6.42 Å². The van der Waals surface area contributed by atoms with E-state index in [-0.39, 0.29) is 0 Å². The van der Waals surface area contributed by atoms with E-state index in [0.29, 0.717) is 18.2 Å². The van der Waals surface area contributed by atoms with Gasteiger partial charge in [0.2, 0.25) is 0 Å². The van der Waals surface area contributed by atoms with Crippen LogP contribution in [0.25, 0.3) is 0 Å². The molecule has 3 rings (SSSR count). The van der Waals surface area contributed by atoms with E-state index in [1.54, 1.807) is 0 Å². The second kappa shape index (κ2) is 4.90. The lowest BCUT2D eigenvalue weighted by atomic mass is 10.1. The van der Waals surface area contributed by atoms with Crippen molar-refractivity contribution in [2.45, 2.75) is 38.0 Å². The van der Waals surface area contributed by atoms with Gasteiger partial charge in [0.15, 0.2) is 0 Å². The predicted octanol–water partition coefficient (Wildman–Crippen LogP) is 1.67. The maximum atomic E-state index is 5.94. The Bertz CT molecular complexity index is 386. The van der Waals surface area contributed by atoms with E-state index in [4.69, 9.17) is 4.74 Å². The van der Waals surface area contributed by atoms with Crippen LogP contribution in [0.4, 0.5) is 0 Å². The van der Waals surface area contributed by atoms with Crippen molar-refractivity contribution in [1.82, 2.24) is 10.2 Å². The van der Waals surface area contributed by atoms with Crippen molar-refractivity contribution in [3.8, 4) is 5.75 Å². The van der Waals surface area contributed by atoms with Crippen LogP contribution in [0.1, 0.15) is 18.9 Å². The van der Waals surface area contributed by atoms with Crippen molar-refractivity contribution >= 4 is 0 Å². The first-order chi connectivity index (χ1) is 8.72. The number of fused-ring (bicyclic) bond motifs is 1. The van der Waals surface area contributed by atoms with E-state index in [1.807, 2.05) is 6.07 Å². The van der Waals surface area contributed by atoms with Gasteiger partial charge in [-0.1, -0.05) is 18.2 Å². The van der Waals surface area contributed by atoms with Crippen LogP contribution in [-0.4, -0.2) is 43.2 Å². The third kappa shape index (κ3) is 2.38. The summed E-state index contributed by atoms with van der Waals surface area (Å²) in [5.74, 6) is 1.07. The number of nitrogens with zero attached hydrogens (tertiary/aromatic N) is 1. The molecule has 1 aromatic carbocycles. The van der Waals surface area contributed by atoms with Crippen molar-refractivity contribution in [2.75, 3.05) is 20.1 Å². The fourth-order valence-electron chi connectivity index (χ4n) is 3.01. The summed E-state index contributed by atoms with van der Waals surface area (Å²) >= 11 is 0. The van der Waals surface area contributed by atoms with E-state index in [1.165, 1.54) is 12.0 Å². The Kier molecular flexibility index (Phi) is 3.27. The standard InChI is InChI=1S/C15H22N2O/c1-11-7-13(10-17(11)2)16-9-14-8-12-5-3-4-6-15(12)18-14/h3-6,11,13-14,16H,7-10H2,1-2H3. The molecule has 0 bridgehead atoms. The highest BCUT2D eigenvalue weighted by Gasteiger charge is 2.28. The number of benzene rings is 1. The number of likely N-dealkylation sites (N-methyl/N-ethyl adjacent to an activating group) is 1. The highest BCUT2D eigenvalue weighted by molar-refractivity contribution is 5.37. The highest BCUT2D eigenvalue weighted by atomic mass is 16.5. The van der Waals surface area contributed by atoms with Crippen LogP contribution in [0.2, 0.25) is 0 Å². The molecule has 18 heavy (non-hydrogen) atoms. The molecular weight excluding hydrogens is 224 g/mol. The third-order valence-corrected chi connectivity index (χ3v) is 4.23. The van der Waals surface area contributed by atoms with Crippen molar-refractivity contribution in [3.05, 3.63) is 29.8 Å². The number of likely N-dealkylation sites (tertiary alicyclic amines) is 1. The van der Waals surface area contributed by atoms with Gasteiger partial charge in [-0.2, -0.15) is 0 Å². The summed E-state index contributed by atoms with van der Waals surface area (Å²) in [5, 5.41) is 3.65. The van der Waals surface area contributed by atoms with Gasteiger partial charge in [0.05, 0.1) is 0 Å². The monoisotopic (exact) mass is 246 g/mol. The van der Waals surface area contributed by atoms with Crippen molar-refractivity contribution in [2.24, 2.45) is 0 Å². The molecule has 3 nitrogen and oxygen atoms in total. The summed E-state index contributed by atoms with van der Waals surface area (Å²) in [6, 6.07) is 9.69. The molecule has 2 heterocycles. The van der Waals surface area contributed by atoms with Gasteiger partial charge in [0.1, 0.15) is 11.9 Å². The highest BCUT2D eigenvalue weighted by Crippen LogP contribution is 2.28. The van der Waals surface area contributed by atoms with E-state index >= 15 is 0 Å². The molecule has 2 aliphatic heterocycles. The van der Waals surface area contributed by atoms with Gasteiger partial charge in [0.25, 0.3) is 0 Å². The molecule has 0 aliphatic carbocycles. The maximum absolute atomic E-state index is 5.94. The molecule has 0 radical (unpaired) electrons. The zero-order valence-electron chi connectivity index (χ0n) is 11.2. The molecule has 1 fully saturated rings. The summed E-state index contributed by atoms with van der Waals surface area (Å²) in [7, 11) is 2.20. The number of nitrogens with one attached hydrogen (secondary N) is 1. The summed E-state index contributed by atoms with van der Waals surface area (Å²) < 4.78 is 5.94. The molecule has 3 unspecified atom stereocenters. The van der Waals surface area contributed by atoms with Crippen LogP contribution in [0.15, 0.2) is 24.3 Å². The molecule has 0 spiro atoms. The summed E-state index contributed by atoms with van der Waals surface area (Å²) in [4.78, 5) is 2.42. The largest absolute Gasteiger partial charge is 0.488 e. The zero-order valence-corrected chi connectivity index (χ0v) is 11.2. The van der Waals surface area contributed by atoms with Crippen LogP contribution >= 0.6 is 0 Å². The number of ether oxygens (including phenoxy) is 1. The fraction of sp³-hybridized carbons (Fsp3) is 0.600. The van der Waals surface area contributed by atoms with Gasteiger partial charge in [-0.3, -0.25) is 0 Å². The molecule has 0 saturated carbocycles. The Labute approximate surface area is 109 Å². The second-order valence-electron chi connectivity index (χ2n) is 5.68. The minimum Gasteiger partial charge on any atom is -0.488 e. The van der Waals surface area contributed by atoms with E-state index in [9.17, 15) is 0 Å². The minimum atomic E-state index is 0.309. The molecule has 98 valence electrons. The first-order valence-corrected chi connectivity index (χ1v) is 6.90. The smallest absolute Gasteiger partial charge is 0.123 e. The van der Waals surface area contributed by atoms with Crippen LogP contribution in [0.3, 0.4) is 0 Å². The molecule has 2 aliphatic rings. The molecule has 0 amide bonds. The van der Waals surface area contributed by atoms with Crippen LogP contribution < -0.4 is 10.1 Å². The SMILES string of the molecule is CC1CC(NCC2Cc3ccccc3O2)CN1C. The molecule has 1 aromatic rings. The maximum Gasteiger partial charge on any atom is 0.123 e. The first-order valence-electron chi connectivity index (χ1n) is 6.90. The van der Waals surface area contributed by atoms with E-state index in [2.05, 4.69) is 42.4 Å². The molecule has 3 atom stereocenters. The van der Waals surface area contributed by atoms with Crippen molar-refractivity contribution < 1.29 is 4.74 Å². The Morgan fingerprint density at radius 3 is 2.94 bits per heavy atom. The van der Waals surface area contributed by atoms with Crippen LogP contribution in [0, 0.1) is 0 Å². The molecule has 1 N–H and O–H groups in total.